The molecule has 3 heterocycles. The number of ether oxygens (including phenoxy) is 5. The van der Waals surface area contributed by atoms with Crippen molar-refractivity contribution in [2.45, 2.75) is 150 Å². The number of esters is 1. The topological polar surface area (TPSA) is 242 Å². The molecule has 15 heteroatoms. The summed E-state index contributed by atoms with van der Waals surface area (Å²) in [6, 6.07) is 0. The lowest BCUT2D eigenvalue weighted by Gasteiger charge is -2.65. The van der Waals surface area contributed by atoms with Crippen molar-refractivity contribution in [3.05, 3.63) is 11.6 Å². The van der Waals surface area contributed by atoms with E-state index in [1.807, 2.05) is 0 Å². The number of rotatable bonds is 7. The average Bonchev–Trinajstić information content (AvgIpc) is 3.64. The first-order chi connectivity index (χ1) is 23.6. The van der Waals surface area contributed by atoms with Gasteiger partial charge in [-0.25, -0.2) is 4.79 Å². The summed E-state index contributed by atoms with van der Waals surface area (Å²) in [6.07, 6.45) is -8.63. The maximum Gasteiger partial charge on any atom is 0.331 e. The number of aliphatic hydroxyl groups excluding tert-OH is 6. The molecule has 6 fully saturated rings. The average molecular weight is 713 g/mol. The molecule has 0 amide bonds. The molecule has 0 aromatic heterocycles. The Kier molecular flexibility index (Phi) is 9.60. The van der Waals surface area contributed by atoms with Crippen LogP contribution in [0.2, 0.25) is 0 Å². The number of aldehydes is 1. The third kappa shape index (κ3) is 5.37. The van der Waals surface area contributed by atoms with Crippen LogP contribution in [0, 0.1) is 28.6 Å². The second-order valence-corrected chi connectivity index (χ2v) is 16.2. The fourth-order valence-electron chi connectivity index (χ4n) is 11.3. The minimum absolute atomic E-state index is 0.00102. The first-order valence-electron chi connectivity index (χ1n) is 18.0. The number of carbonyl (C=O) groups excluding carboxylic acids is 2. The van der Waals surface area contributed by atoms with Gasteiger partial charge in [-0.2, -0.15) is 0 Å². The van der Waals surface area contributed by atoms with Crippen LogP contribution in [0.4, 0.5) is 0 Å². The third-order valence-corrected chi connectivity index (χ3v) is 14.1. The lowest BCUT2D eigenvalue weighted by atomic mass is 9.41. The van der Waals surface area contributed by atoms with Crippen molar-refractivity contribution < 1.29 is 74.1 Å². The number of carbonyl (C=O) groups is 2. The van der Waals surface area contributed by atoms with E-state index < -0.39 is 96.2 Å². The summed E-state index contributed by atoms with van der Waals surface area (Å²) in [7, 11) is 0. The van der Waals surface area contributed by atoms with Crippen LogP contribution in [0.25, 0.3) is 0 Å². The molecule has 8 N–H and O–H groups in total. The Morgan fingerprint density at radius 2 is 1.56 bits per heavy atom. The molecule has 4 saturated carbocycles. The molecule has 7 aliphatic rings. The van der Waals surface area contributed by atoms with Crippen molar-refractivity contribution in [2.24, 2.45) is 28.6 Å². The molecular formula is C35H52O15. The van der Waals surface area contributed by atoms with E-state index in [1.165, 1.54) is 0 Å². The molecule has 0 spiro atoms. The van der Waals surface area contributed by atoms with Crippen molar-refractivity contribution in [1.82, 2.24) is 0 Å². The van der Waals surface area contributed by atoms with E-state index in [4.69, 9.17) is 23.7 Å². The second kappa shape index (κ2) is 13.1. The van der Waals surface area contributed by atoms with Crippen LogP contribution in [0.1, 0.15) is 71.6 Å². The lowest BCUT2D eigenvalue weighted by molar-refractivity contribution is -0.361. The fourth-order valence-corrected chi connectivity index (χ4v) is 11.3. The molecule has 18 atom stereocenters. The molecular weight excluding hydrogens is 660 g/mol. The summed E-state index contributed by atoms with van der Waals surface area (Å²) in [5.74, 6) is -0.830. The maximum atomic E-state index is 13.2. The van der Waals surface area contributed by atoms with E-state index in [9.17, 15) is 50.4 Å². The summed E-state index contributed by atoms with van der Waals surface area (Å²) in [6.45, 7) is 3.22. The zero-order valence-electron chi connectivity index (χ0n) is 28.5. The summed E-state index contributed by atoms with van der Waals surface area (Å²) >= 11 is 0. The van der Waals surface area contributed by atoms with Crippen LogP contribution >= 0.6 is 0 Å². The molecule has 282 valence electrons. The Labute approximate surface area is 290 Å². The molecule has 0 bridgehead atoms. The van der Waals surface area contributed by atoms with Gasteiger partial charge in [0, 0.05) is 17.9 Å². The molecule has 0 unspecified atom stereocenters. The van der Waals surface area contributed by atoms with Gasteiger partial charge >= 0.3 is 5.97 Å². The molecule has 15 nitrogen and oxygen atoms in total. The minimum atomic E-state index is -1.71. The highest BCUT2D eigenvalue weighted by Crippen LogP contribution is 2.70. The Bertz CT molecular complexity index is 1340. The number of cyclic esters (lactones) is 1. The largest absolute Gasteiger partial charge is 0.458 e. The van der Waals surface area contributed by atoms with Gasteiger partial charge in [0.1, 0.15) is 55.6 Å². The third-order valence-electron chi connectivity index (χ3n) is 14.1. The molecule has 7 rings (SSSR count). The summed E-state index contributed by atoms with van der Waals surface area (Å²) in [5, 5.41) is 87.0. The van der Waals surface area contributed by atoms with E-state index in [1.54, 1.807) is 13.0 Å². The van der Waals surface area contributed by atoms with Crippen molar-refractivity contribution in [3.8, 4) is 0 Å². The minimum Gasteiger partial charge on any atom is -0.458 e. The van der Waals surface area contributed by atoms with Crippen molar-refractivity contribution in [2.75, 3.05) is 13.2 Å². The normalized spacial score (nSPS) is 55.0. The molecule has 0 aromatic carbocycles. The zero-order valence-corrected chi connectivity index (χ0v) is 28.5. The van der Waals surface area contributed by atoms with Gasteiger partial charge < -0.3 is 69.3 Å². The number of hydrogen-bond donors (Lipinski definition) is 8. The number of hydrogen-bond acceptors (Lipinski definition) is 15. The molecule has 50 heavy (non-hydrogen) atoms. The summed E-state index contributed by atoms with van der Waals surface area (Å²) in [5.41, 5.74) is -3.20. The van der Waals surface area contributed by atoms with E-state index in [-0.39, 0.29) is 43.2 Å². The summed E-state index contributed by atoms with van der Waals surface area (Å²) < 4.78 is 28.4. The predicted molar refractivity (Wildman–Crippen MR) is 167 cm³/mol. The van der Waals surface area contributed by atoms with Crippen LogP contribution in [-0.2, 0) is 33.3 Å². The first kappa shape index (κ1) is 36.7. The quantitative estimate of drug-likeness (QED) is 0.0858. The molecule has 0 radical (unpaired) electrons. The highest BCUT2D eigenvalue weighted by Gasteiger charge is 2.71. The van der Waals surface area contributed by atoms with Crippen LogP contribution in [0.15, 0.2) is 11.6 Å². The lowest BCUT2D eigenvalue weighted by Crippen LogP contribution is -2.69. The molecule has 2 saturated heterocycles. The van der Waals surface area contributed by atoms with Gasteiger partial charge in [-0.3, -0.25) is 0 Å². The van der Waals surface area contributed by atoms with Gasteiger partial charge in [0.05, 0.1) is 35.4 Å². The van der Waals surface area contributed by atoms with Gasteiger partial charge in [0.15, 0.2) is 12.6 Å². The van der Waals surface area contributed by atoms with E-state index in [2.05, 4.69) is 6.92 Å². The Hall–Kier alpha value is -1.60. The van der Waals surface area contributed by atoms with Crippen LogP contribution in [0.3, 0.4) is 0 Å². The van der Waals surface area contributed by atoms with Gasteiger partial charge in [-0.15, -0.1) is 0 Å². The van der Waals surface area contributed by atoms with Gasteiger partial charge in [0.2, 0.25) is 0 Å². The van der Waals surface area contributed by atoms with Crippen molar-refractivity contribution >= 4 is 12.3 Å². The Morgan fingerprint density at radius 3 is 2.24 bits per heavy atom. The molecule has 0 aromatic rings. The zero-order chi connectivity index (χ0) is 36.0. The van der Waals surface area contributed by atoms with Crippen LogP contribution in [-0.4, -0.2) is 145 Å². The first-order valence-corrected chi connectivity index (χ1v) is 18.0. The van der Waals surface area contributed by atoms with Crippen molar-refractivity contribution in [1.29, 1.82) is 0 Å². The van der Waals surface area contributed by atoms with Crippen LogP contribution in [0.5, 0.6) is 0 Å². The van der Waals surface area contributed by atoms with Gasteiger partial charge in [-0.1, -0.05) is 6.92 Å². The standard InChI is InChI=1S/C35H52O15/c1-16-29(50-31-27(42)25(40)24(39)22(13-36)49-31)26(41)28(43)30(47-16)48-18-3-8-33(15-37)20-4-7-32(2)19(17-11-23(38)46-14-17)6-10-35(32,45)21(20)5-9-34(33,44)12-18/h11,15-16,18-22,24-31,36,39-45H,3-10,12-14H2,1-2H3/t16-,18+,19-,20+,21-,22-,24-,25+,26+,27-,28-,29-,30-,31+,32-,33+,34+,35+/m1/s1. The summed E-state index contributed by atoms with van der Waals surface area (Å²) in [4.78, 5) is 25.1. The number of aliphatic hydroxyl groups is 8. The maximum absolute atomic E-state index is 13.2. The van der Waals surface area contributed by atoms with Gasteiger partial charge in [-0.05, 0) is 81.6 Å². The smallest absolute Gasteiger partial charge is 0.331 e. The SMILES string of the molecule is C[C@H]1O[C@H](O[C@H]2CC[C@]3(C=O)[C@H]4CC[C@]5(C)[C@@H](C6=CC(=O)OC6)CC[C@]5(O)[C@@H]4CC[C@]3(O)C2)[C@H](O)[C@H](O)[C@@H]1O[C@@H]1O[C@H](CO)[C@@H](O)[C@H](O)[C@H]1O. The highest BCUT2D eigenvalue weighted by molar-refractivity contribution is 5.85. The van der Waals surface area contributed by atoms with Crippen molar-refractivity contribution in [3.63, 3.8) is 0 Å². The number of fused-ring (bicyclic) bond motifs is 5. The van der Waals surface area contributed by atoms with E-state index in [0.29, 0.717) is 38.5 Å². The van der Waals surface area contributed by atoms with Crippen LogP contribution < -0.4 is 0 Å². The predicted octanol–water partition coefficient (Wildman–Crippen LogP) is -1.43. The van der Waals surface area contributed by atoms with Gasteiger partial charge in [0.25, 0.3) is 0 Å². The Balaban J connectivity index is 1.02. The second-order valence-electron chi connectivity index (χ2n) is 16.2. The fraction of sp³-hybridized carbons (Fsp3) is 0.886. The van der Waals surface area contributed by atoms with E-state index >= 15 is 0 Å². The molecule has 4 aliphatic carbocycles. The highest BCUT2D eigenvalue weighted by atomic mass is 16.7. The monoisotopic (exact) mass is 712 g/mol. The molecule has 3 aliphatic heterocycles. The van der Waals surface area contributed by atoms with E-state index in [0.717, 1.165) is 18.3 Å². The Morgan fingerprint density at radius 1 is 0.860 bits per heavy atom.